The second kappa shape index (κ2) is 6.40. The van der Waals surface area contributed by atoms with E-state index in [2.05, 4.69) is 5.32 Å². The van der Waals surface area contributed by atoms with Crippen LogP contribution in [0.2, 0.25) is 0 Å². The minimum Gasteiger partial charge on any atom is -0.494 e. The zero-order valence-electron chi connectivity index (χ0n) is 10.6. The van der Waals surface area contributed by atoms with Gasteiger partial charge in [-0.1, -0.05) is 0 Å². The maximum absolute atomic E-state index is 12.0. The molecule has 2 rings (SSSR count). The van der Waals surface area contributed by atoms with Crippen LogP contribution in [0, 0.1) is 5.92 Å². The van der Waals surface area contributed by atoms with E-state index in [1.165, 1.54) is 0 Å². The Balaban J connectivity index is 1.89. The number of carbonyl (C=O) groups excluding carboxylic acids is 1. The largest absolute Gasteiger partial charge is 0.494 e. The van der Waals surface area contributed by atoms with Crippen molar-refractivity contribution in [2.45, 2.75) is 19.8 Å². The molecule has 1 saturated heterocycles. The molecule has 0 bridgehead atoms. The van der Waals surface area contributed by atoms with E-state index in [-0.39, 0.29) is 11.8 Å². The molecule has 1 unspecified atom stereocenters. The van der Waals surface area contributed by atoms with Gasteiger partial charge in [-0.3, -0.25) is 4.79 Å². The van der Waals surface area contributed by atoms with Gasteiger partial charge >= 0.3 is 0 Å². The first-order valence-corrected chi connectivity index (χ1v) is 6.41. The van der Waals surface area contributed by atoms with Crippen LogP contribution in [0.4, 0.5) is 5.69 Å². The third-order valence-electron chi connectivity index (χ3n) is 2.96. The number of rotatable bonds is 4. The summed E-state index contributed by atoms with van der Waals surface area (Å²) >= 11 is 0. The predicted molar refractivity (Wildman–Crippen MR) is 69.8 cm³/mol. The summed E-state index contributed by atoms with van der Waals surface area (Å²) in [7, 11) is 0. The average Bonchev–Trinajstić information content (AvgIpc) is 2.42. The van der Waals surface area contributed by atoms with E-state index in [1.54, 1.807) is 0 Å². The van der Waals surface area contributed by atoms with Crippen molar-refractivity contribution in [3.63, 3.8) is 0 Å². The number of hydrogen-bond donors (Lipinski definition) is 1. The van der Waals surface area contributed by atoms with Crippen LogP contribution in [0.5, 0.6) is 5.75 Å². The van der Waals surface area contributed by atoms with E-state index in [1.807, 2.05) is 31.2 Å². The minimum atomic E-state index is -0.0229. The number of nitrogens with one attached hydrogen (secondary N) is 1. The normalized spacial score (nSPS) is 19.3. The van der Waals surface area contributed by atoms with Gasteiger partial charge in [0.05, 0.1) is 19.1 Å². The predicted octanol–water partition coefficient (Wildman–Crippen LogP) is 2.45. The van der Waals surface area contributed by atoms with Gasteiger partial charge in [-0.25, -0.2) is 0 Å². The molecule has 1 amide bonds. The number of anilines is 1. The molecule has 18 heavy (non-hydrogen) atoms. The molecule has 0 aromatic heterocycles. The van der Waals surface area contributed by atoms with Crippen molar-refractivity contribution in [2.75, 3.05) is 25.1 Å². The SMILES string of the molecule is CCOc1ccc(NC(=O)C2CCCOC2)cc1. The van der Waals surface area contributed by atoms with Crippen LogP contribution >= 0.6 is 0 Å². The molecule has 1 atom stereocenters. The van der Waals surface area contributed by atoms with Gasteiger partial charge in [0.1, 0.15) is 5.75 Å². The molecule has 1 aliphatic heterocycles. The summed E-state index contributed by atoms with van der Waals surface area (Å²) in [6.45, 7) is 3.89. The second-order valence-electron chi connectivity index (χ2n) is 4.36. The van der Waals surface area contributed by atoms with Crippen LogP contribution in [0.3, 0.4) is 0 Å². The van der Waals surface area contributed by atoms with Gasteiger partial charge in [-0.05, 0) is 44.0 Å². The lowest BCUT2D eigenvalue weighted by Gasteiger charge is -2.21. The molecule has 1 heterocycles. The zero-order chi connectivity index (χ0) is 12.8. The van der Waals surface area contributed by atoms with Gasteiger partial charge in [0.25, 0.3) is 0 Å². The van der Waals surface area contributed by atoms with E-state index in [4.69, 9.17) is 9.47 Å². The Bertz CT molecular complexity index is 383. The third kappa shape index (κ3) is 3.47. The molecule has 98 valence electrons. The molecular formula is C14H19NO3. The minimum absolute atomic E-state index is 0.0229. The monoisotopic (exact) mass is 249 g/mol. The highest BCUT2D eigenvalue weighted by molar-refractivity contribution is 5.92. The molecule has 4 heteroatoms. The Labute approximate surface area is 107 Å². The molecule has 0 saturated carbocycles. The molecule has 1 aliphatic rings. The lowest BCUT2D eigenvalue weighted by Crippen LogP contribution is -2.30. The second-order valence-corrected chi connectivity index (χ2v) is 4.36. The van der Waals surface area contributed by atoms with Gasteiger partial charge in [-0.2, -0.15) is 0 Å². The first kappa shape index (κ1) is 12.9. The van der Waals surface area contributed by atoms with E-state index >= 15 is 0 Å². The van der Waals surface area contributed by atoms with E-state index in [0.29, 0.717) is 13.2 Å². The first-order valence-electron chi connectivity index (χ1n) is 6.41. The maximum atomic E-state index is 12.0. The van der Waals surface area contributed by atoms with Gasteiger partial charge in [0.15, 0.2) is 0 Å². The van der Waals surface area contributed by atoms with E-state index in [0.717, 1.165) is 30.9 Å². The Kier molecular flexibility index (Phi) is 4.59. The van der Waals surface area contributed by atoms with Crippen LogP contribution in [0.1, 0.15) is 19.8 Å². The van der Waals surface area contributed by atoms with Crippen molar-refractivity contribution in [1.29, 1.82) is 0 Å². The fourth-order valence-electron chi connectivity index (χ4n) is 1.99. The summed E-state index contributed by atoms with van der Waals surface area (Å²) in [6, 6.07) is 7.42. The van der Waals surface area contributed by atoms with Crippen LogP contribution < -0.4 is 10.1 Å². The fraction of sp³-hybridized carbons (Fsp3) is 0.500. The van der Waals surface area contributed by atoms with Gasteiger partial charge in [-0.15, -0.1) is 0 Å². The lowest BCUT2D eigenvalue weighted by molar-refractivity contribution is -0.123. The molecule has 1 N–H and O–H groups in total. The molecule has 1 aromatic rings. The number of hydrogen-bond acceptors (Lipinski definition) is 3. The first-order chi connectivity index (χ1) is 8.79. The molecule has 4 nitrogen and oxygen atoms in total. The Hall–Kier alpha value is -1.55. The van der Waals surface area contributed by atoms with Crippen LogP contribution in [0.15, 0.2) is 24.3 Å². The zero-order valence-corrected chi connectivity index (χ0v) is 10.6. The van der Waals surface area contributed by atoms with Crippen molar-refractivity contribution in [3.05, 3.63) is 24.3 Å². The molecule has 0 aliphatic carbocycles. The summed E-state index contributed by atoms with van der Waals surface area (Å²) in [5.74, 6) is 0.834. The Morgan fingerprint density at radius 1 is 1.44 bits per heavy atom. The standard InChI is InChI=1S/C14H19NO3/c1-2-18-13-7-5-12(6-8-13)15-14(16)11-4-3-9-17-10-11/h5-8,11H,2-4,9-10H2,1H3,(H,15,16). The van der Waals surface area contributed by atoms with Gasteiger partial charge < -0.3 is 14.8 Å². The highest BCUT2D eigenvalue weighted by Crippen LogP contribution is 2.19. The Morgan fingerprint density at radius 2 is 2.22 bits per heavy atom. The van der Waals surface area contributed by atoms with Gasteiger partial charge in [0, 0.05) is 12.3 Å². The molecule has 0 spiro atoms. The maximum Gasteiger partial charge on any atom is 0.229 e. The molecule has 0 radical (unpaired) electrons. The van der Waals surface area contributed by atoms with Crippen LogP contribution in [-0.2, 0) is 9.53 Å². The van der Waals surface area contributed by atoms with Crippen molar-refractivity contribution in [1.82, 2.24) is 0 Å². The quantitative estimate of drug-likeness (QED) is 0.891. The summed E-state index contributed by atoms with van der Waals surface area (Å²) in [6.07, 6.45) is 1.87. The molecule has 1 fully saturated rings. The van der Waals surface area contributed by atoms with Crippen molar-refractivity contribution >= 4 is 11.6 Å². The number of ether oxygens (including phenoxy) is 2. The highest BCUT2D eigenvalue weighted by Gasteiger charge is 2.21. The smallest absolute Gasteiger partial charge is 0.229 e. The Morgan fingerprint density at radius 3 is 2.83 bits per heavy atom. The summed E-state index contributed by atoms with van der Waals surface area (Å²) in [4.78, 5) is 12.0. The summed E-state index contributed by atoms with van der Waals surface area (Å²) in [5.41, 5.74) is 0.800. The van der Waals surface area contributed by atoms with Crippen LogP contribution in [0.25, 0.3) is 0 Å². The van der Waals surface area contributed by atoms with Gasteiger partial charge in [0.2, 0.25) is 5.91 Å². The third-order valence-corrected chi connectivity index (χ3v) is 2.96. The highest BCUT2D eigenvalue weighted by atomic mass is 16.5. The van der Waals surface area contributed by atoms with Crippen LogP contribution in [-0.4, -0.2) is 25.7 Å². The fourth-order valence-corrected chi connectivity index (χ4v) is 1.99. The average molecular weight is 249 g/mol. The molecule has 1 aromatic carbocycles. The number of amides is 1. The summed E-state index contributed by atoms with van der Waals surface area (Å²) < 4.78 is 10.7. The van der Waals surface area contributed by atoms with Crippen molar-refractivity contribution in [3.8, 4) is 5.75 Å². The number of carbonyl (C=O) groups is 1. The van der Waals surface area contributed by atoms with Crippen molar-refractivity contribution in [2.24, 2.45) is 5.92 Å². The van der Waals surface area contributed by atoms with E-state index in [9.17, 15) is 4.79 Å². The van der Waals surface area contributed by atoms with E-state index < -0.39 is 0 Å². The van der Waals surface area contributed by atoms with Crippen molar-refractivity contribution < 1.29 is 14.3 Å². The topological polar surface area (TPSA) is 47.6 Å². The molecular weight excluding hydrogens is 230 g/mol. The lowest BCUT2D eigenvalue weighted by atomic mass is 10.0. The summed E-state index contributed by atoms with van der Waals surface area (Å²) in [5, 5.41) is 2.91. The number of benzene rings is 1.